The van der Waals surface area contributed by atoms with Gasteiger partial charge in [0.15, 0.2) is 11.1 Å². The molecular formula is C10H9NO2S. The summed E-state index contributed by atoms with van der Waals surface area (Å²) < 4.78 is 20.0. The number of rotatable bonds is 1. The summed E-state index contributed by atoms with van der Waals surface area (Å²) in [7, 11) is 0. The standard InChI is InChI=1S/C10H9NO2S/c1-7-5-6-11-10-8(7)3-2-4-9(10)14(12)13/h2-6H,1H3,(H,12,13). The number of hydrogen-bond donors (Lipinski definition) is 1. The van der Waals surface area contributed by atoms with E-state index in [-0.39, 0.29) is 0 Å². The van der Waals surface area contributed by atoms with Gasteiger partial charge in [-0.25, -0.2) is 4.21 Å². The fourth-order valence-corrected chi connectivity index (χ4v) is 1.95. The zero-order valence-corrected chi connectivity index (χ0v) is 8.41. The molecule has 1 aromatic heterocycles. The van der Waals surface area contributed by atoms with Gasteiger partial charge in [0.05, 0.1) is 10.4 Å². The minimum atomic E-state index is -1.97. The molecule has 3 nitrogen and oxygen atoms in total. The van der Waals surface area contributed by atoms with E-state index in [1.165, 1.54) is 0 Å². The second-order valence-corrected chi connectivity index (χ2v) is 3.97. The highest BCUT2D eigenvalue weighted by atomic mass is 32.2. The summed E-state index contributed by atoms with van der Waals surface area (Å²) in [6.45, 7) is 1.95. The van der Waals surface area contributed by atoms with E-state index in [1.807, 2.05) is 19.1 Å². The van der Waals surface area contributed by atoms with Crippen molar-refractivity contribution in [2.45, 2.75) is 11.8 Å². The van der Waals surface area contributed by atoms with Crippen molar-refractivity contribution in [1.29, 1.82) is 0 Å². The van der Waals surface area contributed by atoms with Gasteiger partial charge in [-0.15, -0.1) is 0 Å². The molecule has 0 aliphatic heterocycles. The largest absolute Gasteiger partial charge is 0.302 e. The molecule has 1 atom stereocenters. The highest BCUT2D eigenvalue weighted by molar-refractivity contribution is 7.79. The first-order chi connectivity index (χ1) is 6.70. The van der Waals surface area contributed by atoms with E-state index >= 15 is 0 Å². The minimum Gasteiger partial charge on any atom is -0.302 e. The van der Waals surface area contributed by atoms with E-state index in [9.17, 15) is 4.21 Å². The number of benzene rings is 1. The van der Waals surface area contributed by atoms with Crippen molar-refractivity contribution >= 4 is 22.0 Å². The lowest BCUT2D eigenvalue weighted by molar-refractivity contribution is 0.565. The maximum Gasteiger partial charge on any atom is 0.188 e. The molecule has 0 amide bonds. The summed E-state index contributed by atoms with van der Waals surface area (Å²) in [6, 6.07) is 7.16. The molecule has 1 N–H and O–H groups in total. The molecule has 14 heavy (non-hydrogen) atoms. The predicted molar refractivity (Wildman–Crippen MR) is 55.5 cm³/mol. The lowest BCUT2D eigenvalue weighted by Gasteiger charge is -2.03. The molecule has 1 unspecified atom stereocenters. The molecule has 0 fully saturated rings. The van der Waals surface area contributed by atoms with Crippen molar-refractivity contribution in [1.82, 2.24) is 4.98 Å². The van der Waals surface area contributed by atoms with Gasteiger partial charge >= 0.3 is 0 Å². The molecular weight excluding hydrogens is 198 g/mol. The van der Waals surface area contributed by atoms with Gasteiger partial charge in [0.2, 0.25) is 0 Å². The molecule has 2 aromatic rings. The second-order valence-electron chi connectivity index (χ2n) is 3.03. The van der Waals surface area contributed by atoms with E-state index in [2.05, 4.69) is 4.98 Å². The summed E-state index contributed by atoms with van der Waals surface area (Å²) in [4.78, 5) is 4.48. The molecule has 0 spiro atoms. The van der Waals surface area contributed by atoms with Crippen LogP contribution in [0.25, 0.3) is 10.9 Å². The van der Waals surface area contributed by atoms with Gasteiger partial charge in [-0.3, -0.25) is 4.98 Å². The van der Waals surface area contributed by atoms with E-state index in [0.29, 0.717) is 10.4 Å². The summed E-state index contributed by atoms with van der Waals surface area (Å²) in [5.74, 6) is 0. The average Bonchev–Trinajstić information content (AvgIpc) is 2.17. The Morgan fingerprint density at radius 2 is 2.14 bits per heavy atom. The lowest BCUT2D eigenvalue weighted by atomic mass is 10.1. The van der Waals surface area contributed by atoms with Crippen LogP contribution >= 0.6 is 0 Å². The maximum atomic E-state index is 11.0. The van der Waals surface area contributed by atoms with Crippen LogP contribution in [0.15, 0.2) is 35.4 Å². The van der Waals surface area contributed by atoms with Crippen molar-refractivity contribution in [3.63, 3.8) is 0 Å². The molecule has 0 bridgehead atoms. The number of para-hydroxylation sites is 1. The van der Waals surface area contributed by atoms with Crippen LogP contribution in [0, 0.1) is 6.92 Å². The van der Waals surface area contributed by atoms with Crippen LogP contribution in [0.1, 0.15) is 5.56 Å². The summed E-state index contributed by atoms with van der Waals surface area (Å²) in [5.41, 5.74) is 1.66. The Morgan fingerprint density at radius 3 is 2.86 bits per heavy atom. The Morgan fingerprint density at radius 1 is 1.36 bits per heavy atom. The fraction of sp³-hybridized carbons (Fsp3) is 0.100. The normalized spacial score (nSPS) is 13.0. The van der Waals surface area contributed by atoms with E-state index in [4.69, 9.17) is 4.55 Å². The van der Waals surface area contributed by atoms with Crippen LogP contribution in [0.4, 0.5) is 0 Å². The number of aromatic nitrogens is 1. The van der Waals surface area contributed by atoms with E-state index < -0.39 is 11.1 Å². The Hall–Kier alpha value is -1.26. The summed E-state index contributed by atoms with van der Waals surface area (Å²) in [5, 5.41) is 0.924. The topological polar surface area (TPSA) is 50.2 Å². The van der Waals surface area contributed by atoms with Gasteiger partial charge in [-0.05, 0) is 24.6 Å². The van der Waals surface area contributed by atoms with Gasteiger partial charge < -0.3 is 4.55 Å². The van der Waals surface area contributed by atoms with Gasteiger partial charge in [0, 0.05) is 11.6 Å². The second kappa shape index (κ2) is 3.48. The van der Waals surface area contributed by atoms with Gasteiger partial charge in [0.25, 0.3) is 0 Å². The minimum absolute atomic E-state index is 0.367. The molecule has 0 aliphatic rings. The Balaban J connectivity index is 2.88. The van der Waals surface area contributed by atoms with Gasteiger partial charge in [-0.1, -0.05) is 12.1 Å². The number of aryl methyl sites for hydroxylation is 1. The Kier molecular flexibility index (Phi) is 2.31. The molecule has 0 aliphatic carbocycles. The molecule has 1 aromatic carbocycles. The fourth-order valence-electron chi connectivity index (χ4n) is 1.43. The third-order valence-corrected chi connectivity index (χ3v) is 2.85. The van der Waals surface area contributed by atoms with Crippen LogP contribution in [0.2, 0.25) is 0 Å². The van der Waals surface area contributed by atoms with Crippen molar-refractivity contribution < 1.29 is 8.76 Å². The number of nitrogens with zero attached hydrogens (tertiary/aromatic N) is 1. The van der Waals surface area contributed by atoms with Gasteiger partial charge in [0.1, 0.15) is 0 Å². The molecule has 2 rings (SSSR count). The van der Waals surface area contributed by atoms with Crippen LogP contribution in [-0.4, -0.2) is 13.7 Å². The third kappa shape index (κ3) is 1.42. The van der Waals surface area contributed by atoms with Crippen molar-refractivity contribution in [3.05, 3.63) is 36.0 Å². The predicted octanol–water partition coefficient (Wildman–Crippen LogP) is 2.12. The average molecular weight is 207 g/mol. The van der Waals surface area contributed by atoms with Crippen LogP contribution in [-0.2, 0) is 11.1 Å². The van der Waals surface area contributed by atoms with E-state index in [1.54, 1.807) is 18.3 Å². The molecule has 72 valence electrons. The smallest absolute Gasteiger partial charge is 0.188 e. The first-order valence-corrected chi connectivity index (χ1v) is 5.26. The molecule has 0 saturated carbocycles. The molecule has 0 radical (unpaired) electrons. The van der Waals surface area contributed by atoms with Crippen LogP contribution in [0.5, 0.6) is 0 Å². The highest BCUT2D eigenvalue weighted by Gasteiger charge is 2.07. The van der Waals surface area contributed by atoms with Crippen molar-refractivity contribution in [2.75, 3.05) is 0 Å². The number of pyridine rings is 1. The zero-order chi connectivity index (χ0) is 10.1. The van der Waals surface area contributed by atoms with Crippen molar-refractivity contribution in [3.8, 4) is 0 Å². The summed E-state index contributed by atoms with van der Waals surface area (Å²) in [6.07, 6.45) is 1.65. The van der Waals surface area contributed by atoms with Crippen LogP contribution in [0.3, 0.4) is 0 Å². The van der Waals surface area contributed by atoms with E-state index in [0.717, 1.165) is 10.9 Å². The van der Waals surface area contributed by atoms with Crippen molar-refractivity contribution in [2.24, 2.45) is 0 Å². The Labute approximate surface area is 84.1 Å². The monoisotopic (exact) mass is 207 g/mol. The SMILES string of the molecule is Cc1ccnc2c(S(=O)O)cccc12. The van der Waals surface area contributed by atoms with Crippen LogP contribution < -0.4 is 0 Å². The Bertz CT molecular complexity index is 510. The molecule has 4 heteroatoms. The maximum absolute atomic E-state index is 11.0. The zero-order valence-electron chi connectivity index (χ0n) is 7.60. The summed E-state index contributed by atoms with van der Waals surface area (Å²) >= 11 is -1.97. The quantitative estimate of drug-likeness (QED) is 0.729. The molecule has 1 heterocycles. The first-order valence-electron chi connectivity index (χ1n) is 4.15. The molecule has 0 saturated heterocycles. The van der Waals surface area contributed by atoms with Gasteiger partial charge in [-0.2, -0.15) is 0 Å². The lowest BCUT2D eigenvalue weighted by Crippen LogP contribution is -1.92. The third-order valence-electron chi connectivity index (χ3n) is 2.14. The number of hydrogen-bond acceptors (Lipinski definition) is 2. The highest BCUT2D eigenvalue weighted by Crippen LogP contribution is 2.21. The first kappa shape index (κ1) is 9.30. The number of fused-ring (bicyclic) bond motifs is 1.